The number of aliphatic hydroxyl groups excluding tert-OH is 1. The number of halogens is 1. The lowest BCUT2D eigenvalue weighted by molar-refractivity contribution is -0.123. The molecule has 1 aromatic rings. The highest BCUT2D eigenvalue weighted by Gasteiger charge is 2.42. The first-order chi connectivity index (χ1) is 9.44. The number of nitrogens with one attached hydrogen (secondary N) is 1. The molecule has 1 amide bonds. The summed E-state index contributed by atoms with van der Waals surface area (Å²) in [5.74, 6) is 0.0851. The molecule has 6 heteroatoms. The van der Waals surface area contributed by atoms with E-state index in [1.165, 1.54) is 11.3 Å². The molecule has 2 rings (SSSR count). The number of aliphatic hydroxyl groups is 1. The zero-order chi connectivity index (χ0) is 14.8. The molecule has 20 heavy (non-hydrogen) atoms. The molecule has 1 aromatic heterocycles. The summed E-state index contributed by atoms with van der Waals surface area (Å²) < 4.78 is 0.569. The van der Waals surface area contributed by atoms with E-state index in [0.717, 1.165) is 12.8 Å². The van der Waals surface area contributed by atoms with Crippen LogP contribution in [0.5, 0.6) is 0 Å². The molecule has 1 aliphatic rings. The van der Waals surface area contributed by atoms with Gasteiger partial charge in [-0.15, -0.1) is 11.3 Å². The van der Waals surface area contributed by atoms with E-state index in [-0.39, 0.29) is 31.1 Å². The van der Waals surface area contributed by atoms with Crippen molar-refractivity contribution in [3.8, 4) is 0 Å². The van der Waals surface area contributed by atoms with Crippen molar-refractivity contribution >= 4 is 34.6 Å². The second kappa shape index (κ2) is 6.24. The number of carbonyl (C=O) groups excluding carboxylic acids is 2. The fraction of sp³-hybridized carbons (Fsp3) is 0.571. The monoisotopic (exact) mass is 315 g/mol. The SMILES string of the molecule is CC(CO)(NC(=O)CCC(=O)c1ccc(Cl)s1)C1CC1. The van der Waals surface area contributed by atoms with Crippen molar-refractivity contribution in [3.63, 3.8) is 0 Å². The molecule has 4 nitrogen and oxygen atoms in total. The summed E-state index contributed by atoms with van der Waals surface area (Å²) in [5, 5.41) is 12.3. The molecule has 0 saturated heterocycles. The lowest BCUT2D eigenvalue weighted by Crippen LogP contribution is -2.50. The van der Waals surface area contributed by atoms with Gasteiger partial charge in [-0.2, -0.15) is 0 Å². The summed E-state index contributed by atoms with van der Waals surface area (Å²) in [6, 6.07) is 3.35. The summed E-state index contributed by atoms with van der Waals surface area (Å²) >= 11 is 7.00. The van der Waals surface area contributed by atoms with E-state index in [0.29, 0.717) is 15.1 Å². The van der Waals surface area contributed by atoms with E-state index >= 15 is 0 Å². The van der Waals surface area contributed by atoms with Gasteiger partial charge in [0.25, 0.3) is 0 Å². The van der Waals surface area contributed by atoms with Gasteiger partial charge in [-0.3, -0.25) is 9.59 Å². The minimum absolute atomic E-state index is 0.0715. The first-order valence-corrected chi connectivity index (χ1v) is 7.84. The van der Waals surface area contributed by atoms with Crippen molar-refractivity contribution in [2.24, 2.45) is 5.92 Å². The predicted molar refractivity (Wildman–Crippen MR) is 79.3 cm³/mol. The number of rotatable bonds is 7. The number of carbonyl (C=O) groups is 2. The Bertz CT molecular complexity index is 512. The van der Waals surface area contributed by atoms with Gasteiger partial charge in [0, 0.05) is 12.8 Å². The van der Waals surface area contributed by atoms with Crippen LogP contribution in [0.15, 0.2) is 12.1 Å². The third-order valence-corrected chi connectivity index (χ3v) is 4.93. The van der Waals surface area contributed by atoms with Gasteiger partial charge in [-0.05, 0) is 37.8 Å². The highest BCUT2D eigenvalue weighted by molar-refractivity contribution is 7.18. The van der Waals surface area contributed by atoms with Gasteiger partial charge in [-0.25, -0.2) is 0 Å². The molecule has 1 saturated carbocycles. The van der Waals surface area contributed by atoms with Crippen LogP contribution in [0.4, 0.5) is 0 Å². The van der Waals surface area contributed by atoms with E-state index in [4.69, 9.17) is 11.6 Å². The third kappa shape index (κ3) is 3.81. The number of Topliss-reactive ketones (excluding diaryl/α,β-unsaturated/α-hetero) is 1. The largest absolute Gasteiger partial charge is 0.394 e. The minimum Gasteiger partial charge on any atom is -0.394 e. The van der Waals surface area contributed by atoms with Crippen LogP contribution in [0.2, 0.25) is 4.34 Å². The number of ketones is 1. The van der Waals surface area contributed by atoms with E-state index in [9.17, 15) is 14.7 Å². The minimum atomic E-state index is -0.549. The van der Waals surface area contributed by atoms with Gasteiger partial charge in [-0.1, -0.05) is 11.6 Å². The third-order valence-electron chi connectivity index (χ3n) is 3.66. The van der Waals surface area contributed by atoms with E-state index in [2.05, 4.69) is 5.32 Å². The molecule has 0 aliphatic heterocycles. The molecule has 2 N–H and O–H groups in total. The zero-order valence-electron chi connectivity index (χ0n) is 11.3. The van der Waals surface area contributed by atoms with Gasteiger partial charge in [0.15, 0.2) is 5.78 Å². The maximum absolute atomic E-state index is 11.9. The second-order valence-corrected chi connectivity index (χ2v) is 7.14. The van der Waals surface area contributed by atoms with Crippen molar-refractivity contribution in [1.29, 1.82) is 0 Å². The molecule has 1 atom stereocenters. The predicted octanol–water partition coefficient (Wildman–Crippen LogP) is 2.64. The maximum Gasteiger partial charge on any atom is 0.220 e. The Morgan fingerprint density at radius 2 is 2.15 bits per heavy atom. The molecular formula is C14H18ClNO3S. The van der Waals surface area contributed by atoms with Crippen LogP contribution in [0, 0.1) is 5.92 Å². The molecule has 0 spiro atoms. The molecule has 0 bridgehead atoms. The highest BCUT2D eigenvalue weighted by Crippen LogP contribution is 2.39. The normalized spacial score (nSPS) is 17.6. The first-order valence-electron chi connectivity index (χ1n) is 6.65. The average Bonchev–Trinajstić information content (AvgIpc) is 3.19. The first kappa shape index (κ1) is 15.5. The molecule has 1 unspecified atom stereocenters. The zero-order valence-corrected chi connectivity index (χ0v) is 12.9. The van der Waals surface area contributed by atoms with Gasteiger partial charge >= 0.3 is 0 Å². The van der Waals surface area contributed by atoms with Crippen LogP contribution in [-0.2, 0) is 4.79 Å². The Kier molecular flexibility index (Phi) is 4.83. The Hall–Kier alpha value is -0.910. The lowest BCUT2D eigenvalue weighted by atomic mass is 9.96. The van der Waals surface area contributed by atoms with Gasteiger partial charge in [0.2, 0.25) is 5.91 Å². The smallest absolute Gasteiger partial charge is 0.220 e. The fourth-order valence-electron chi connectivity index (χ4n) is 2.19. The number of amides is 1. The molecule has 1 heterocycles. The summed E-state index contributed by atoms with van der Waals surface area (Å²) in [7, 11) is 0. The van der Waals surface area contributed by atoms with Gasteiger partial charge < -0.3 is 10.4 Å². The van der Waals surface area contributed by atoms with E-state index in [1.807, 2.05) is 6.92 Å². The maximum atomic E-state index is 11.9. The number of hydrogen-bond donors (Lipinski definition) is 2. The quantitative estimate of drug-likeness (QED) is 0.760. The Balaban J connectivity index is 1.81. The summed E-state index contributed by atoms with van der Waals surface area (Å²) in [5.41, 5.74) is -0.549. The number of thiophene rings is 1. The standard InChI is InChI=1S/C14H18ClNO3S/c1-14(8-17,9-2-3-9)16-13(19)7-4-10(18)11-5-6-12(15)20-11/h5-6,9,17H,2-4,7-8H2,1H3,(H,16,19). The Morgan fingerprint density at radius 3 is 2.65 bits per heavy atom. The lowest BCUT2D eigenvalue weighted by Gasteiger charge is -2.28. The van der Waals surface area contributed by atoms with Crippen LogP contribution in [0.3, 0.4) is 0 Å². The molecule has 0 aromatic carbocycles. The van der Waals surface area contributed by atoms with Crippen LogP contribution < -0.4 is 5.32 Å². The van der Waals surface area contributed by atoms with Crippen LogP contribution in [-0.4, -0.2) is 28.9 Å². The summed E-state index contributed by atoms with van der Waals surface area (Å²) in [6.45, 7) is 1.78. The Morgan fingerprint density at radius 1 is 1.45 bits per heavy atom. The van der Waals surface area contributed by atoms with Crippen molar-refractivity contribution < 1.29 is 14.7 Å². The molecule has 1 aliphatic carbocycles. The highest BCUT2D eigenvalue weighted by atomic mass is 35.5. The van der Waals surface area contributed by atoms with Crippen LogP contribution in [0.25, 0.3) is 0 Å². The summed E-state index contributed by atoms with van der Waals surface area (Å²) in [6.07, 6.45) is 2.36. The molecule has 1 fully saturated rings. The molecular weight excluding hydrogens is 298 g/mol. The van der Waals surface area contributed by atoms with Gasteiger partial charge in [0.05, 0.1) is 21.4 Å². The second-order valence-electron chi connectivity index (χ2n) is 5.42. The Labute approximate surface area is 127 Å². The average molecular weight is 316 g/mol. The molecule has 110 valence electrons. The van der Waals surface area contributed by atoms with E-state index in [1.54, 1.807) is 12.1 Å². The van der Waals surface area contributed by atoms with Gasteiger partial charge in [0.1, 0.15) is 0 Å². The van der Waals surface area contributed by atoms with E-state index < -0.39 is 5.54 Å². The summed E-state index contributed by atoms with van der Waals surface area (Å²) in [4.78, 5) is 24.3. The fourth-order valence-corrected chi connectivity index (χ4v) is 3.20. The van der Waals surface area contributed by atoms with Crippen LogP contribution in [0.1, 0.15) is 42.3 Å². The van der Waals surface area contributed by atoms with Crippen molar-refractivity contribution in [1.82, 2.24) is 5.32 Å². The molecule has 0 radical (unpaired) electrons. The van der Waals surface area contributed by atoms with Crippen molar-refractivity contribution in [2.45, 2.75) is 38.1 Å². The number of hydrogen-bond acceptors (Lipinski definition) is 4. The van der Waals surface area contributed by atoms with Crippen molar-refractivity contribution in [3.05, 3.63) is 21.3 Å². The topological polar surface area (TPSA) is 66.4 Å². The van der Waals surface area contributed by atoms with Crippen LogP contribution >= 0.6 is 22.9 Å². The van der Waals surface area contributed by atoms with Crippen molar-refractivity contribution in [2.75, 3.05) is 6.61 Å².